The average molecular weight is 578 g/mol. The van der Waals surface area contributed by atoms with Gasteiger partial charge >= 0.3 is 12.1 Å². The molecule has 8 nitrogen and oxygen atoms in total. The molecule has 1 unspecified atom stereocenters. The fraction of sp³-hybridized carbons (Fsp3) is 0.192. The Labute approximate surface area is 225 Å². The van der Waals surface area contributed by atoms with Crippen LogP contribution in [0.25, 0.3) is 21.3 Å². The number of thiazole rings is 1. The summed E-state index contributed by atoms with van der Waals surface area (Å²) in [4.78, 5) is 27.9. The van der Waals surface area contributed by atoms with Gasteiger partial charge in [0, 0.05) is 5.69 Å². The molecule has 0 bridgehead atoms. The number of amides is 1. The maximum absolute atomic E-state index is 12.9. The molecule has 4 rings (SSSR count). The number of alkyl halides is 3. The van der Waals surface area contributed by atoms with E-state index in [0.717, 1.165) is 29.0 Å². The number of nitrogens with one attached hydrogen (secondary N) is 2. The number of fused-ring (bicyclic) bond motifs is 1. The van der Waals surface area contributed by atoms with Crippen molar-refractivity contribution in [3.63, 3.8) is 0 Å². The smallest absolute Gasteiger partial charge is 0.416 e. The first-order valence-electron chi connectivity index (χ1n) is 11.5. The summed E-state index contributed by atoms with van der Waals surface area (Å²) >= 11 is 0.976. The molecule has 1 amide bonds. The summed E-state index contributed by atoms with van der Waals surface area (Å²) in [6.45, 7) is 3.20. The van der Waals surface area contributed by atoms with Crippen LogP contribution in [0.1, 0.15) is 29.2 Å². The van der Waals surface area contributed by atoms with E-state index in [1.165, 1.54) is 18.2 Å². The van der Waals surface area contributed by atoms with E-state index in [9.17, 15) is 36.3 Å². The number of sulfonamides is 1. The monoisotopic (exact) mass is 577 g/mol. The summed E-state index contributed by atoms with van der Waals surface area (Å²) in [7, 11) is -4.05. The van der Waals surface area contributed by atoms with Crippen LogP contribution < -0.4 is 10.0 Å². The normalized spacial score (nSPS) is 13.0. The topological polar surface area (TPSA) is 125 Å². The third kappa shape index (κ3) is 6.44. The lowest BCUT2D eigenvalue weighted by atomic mass is 10.1. The van der Waals surface area contributed by atoms with Gasteiger partial charge in [0.15, 0.2) is 5.01 Å². The Morgan fingerprint density at radius 1 is 0.949 bits per heavy atom. The number of aromatic nitrogens is 1. The van der Waals surface area contributed by atoms with Crippen molar-refractivity contribution >= 4 is 49.1 Å². The van der Waals surface area contributed by atoms with Crippen LogP contribution in [0, 0.1) is 5.92 Å². The molecule has 3 aromatic carbocycles. The Bertz CT molecular complexity index is 1630. The number of rotatable bonds is 8. The molecular weight excluding hydrogens is 555 g/mol. The van der Waals surface area contributed by atoms with Crippen molar-refractivity contribution in [2.45, 2.75) is 31.0 Å². The highest BCUT2D eigenvalue weighted by Crippen LogP contribution is 2.33. The van der Waals surface area contributed by atoms with Gasteiger partial charge in [-0.1, -0.05) is 38.1 Å². The molecule has 0 spiro atoms. The Kier molecular flexibility index (Phi) is 7.77. The zero-order valence-corrected chi connectivity index (χ0v) is 22.1. The van der Waals surface area contributed by atoms with Crippen LogP contribution in [0.5, 0.6) is 0 Å². The van der Waals surface area contributed by atoms with E-state index in [-0.39, 0.29) is 15.4 Å². The standard InChI is InChI=1S/C26H22F3N3O5S2/c1-14(2)22(25(34)35)32-39(36,37)19-10-5-16(6-11-19)15-3-8-18(9-4-15)30-23(33)24-31-20-13-17(26(27,28)29)7-12-21(20)38-24/h3-14,22,32H,1-2H3,(H,30,33)(H,34,35). The van der Waals surface area contributed by atoms with Gasteiger partial charge in [0.1, 0.15) is 6.04 Å². The highest BCUT2D eigenvalue weighted by molar-refractivity contribution is 7.89. The van der Waals surface area contributed by atoms with Gasteiger partial charge in [0.05, 0.1) is 20.7 Å². The quantitative estimate of drug-likeness (QED) is 0.250. The lowest BCUT2D eigenvalue weighted by Gasteiger charge is -2.18. The van der Waals surface area contributed by atoms with Crippen molar-refractivity contribution in [2.75, 3.05) is 5.32 Å². The molecule has 0 saturated heterocycles. The fourth-order valence-corrected chi connectivity index (χ4v) is 5.84. The first-order valence-corrected chi connectivity index (χ1v) is 13.8. The molecule has 0 aliphatic heterocycles. The highest BCUT2D eigenvalue weighted by Gasteiger charge is 2.31. The van der Waals surface area contributed by atoms with Crippen LogP contribution in [0.15, 0.2) is 71.6 Å². The summed E-state index contributed by atoms with van der Waals surface area (Å²) in [5.41, 5.74) is 1.06. The SMILES string of the molecule is CC(C)C(NS(=O)(=O)c1ccc(-c2ccc(NC(=O)c3nc4cc(C(F)(F)F)ccc4s3)cc2)cc1)C(=O)O. The predicted molar refractivity (Wildman–Crippen MR) is 141 cm³/mol. The van der Waals surface area contributed by atoms with Crippen molar-refractivity contribution in [3.8, 4) is 11.1 Å². The van der Waals surface area contributed by atoms with E-state index in [1.54, 1.807) is 50.2 Å². The van der Waals surface area contributed by atoms with E-state index in [4.69, 9.17) is 0 Å². The van der Waals surface area contributed by atoms with Crippen molar-refractivity contribution in [3.05, 3.63) is 77.3 Å². The average Bonchev–Trinajstić information content (AvgIpc) is 3.31. The summed E-state index contributed by atoms with van der Waals surface area (Å²) in [6.07, 6.45) is -4.51. The van der Waals surface area contributed by atoms with E-state index >= 15 is 0 Å². The van der Waals surface area contributed by atoms with Crippen LogP contribution >= 0.6 is 11.3 Å². The van der Waals surface area contributed by atoms with Crippen LogP contribution in [0.4, 0.5) is 18.9 Å². The van der Waals surface area contributed by atoms with Crippen molar-refractivity contribution in [2.24, 2.45) is 5.92 Å². The number of carboxylic acids is 1. The van der Waals surface area contributed by atoms with Crippen LogP contribution in [-0.4, -0.2) is 36.4 Å². The second-order valence-corrected chi connectivity index (χ2v) is 11.7. The lowest BCUT2D eigenvalue weighted by molar-refractivity contribution is -0.140. The number of nitrogens with zero attached hydrogens (tertiary/aromatic N) is 1. The Morgan fingerprint density at radius 2 is 1.54 bits per heavy atom. The van der Waals surface area contributed by atoms with Crippen molar-refractivity contribution in [1.82, 2.24) is 9.71 Å². The number of anilines is 1. The first kappa shape index (κ1) is 28.2. The van der Waals surface area contributed by atoms with Gasteiger partial charge in [0.2, 0.25) is 10.0 Å². The number of carboxylic acid groups (broad SMARTS) is 1. The predicted octanol–water partition coefficient (Wildman–Crippen LogP) is 5.62. The largest absolute Gasteiger partial charge is 0.480 e. The van der Waals surface area contributed by atoms with Gasteiger partial charge in [-0.05, 0) is 59.5 Å². The molecule has 0 fully saturated rings. The fourth-order valence-electron chi connectivity index (χ4n) is 3.66. The summed E-state index contributed by atoms with van der Waals surface area (Å²) < 4.78 is 66.7. The summed E-state index contributed by atoms with van der Waals surface area (Å²) in [5, 5.41) is 11.9. The van der Waals surface area contributed by atoms with E-state index in [0.29, 0.717) is 16.0 Å². The van der Waals surface area contributed by atoms with E-state index in [2.05, 4.69) is 15.0 Å². The molecule has 0 saturated carbocycles. The number of hydrogen-bond acceptors (Lipinski definition) is 6. The third-order valence-corrected chi connectivity index (χ3v) is 8.26. The second-order valence-electron chi connectivity index (χ2n) is 8.94. The van der Waals surface area contributed by atoms with E-state index < -0.39 is 45.6 Å². The molecule has 1 heterocycles. The first-order chi connectivity index (χ1) is 18.2. The van der Waals surface area contributed by atoms with E-state index in [1.807, 2.05) is 0 Å². The number of halogens is 3. The number of benzene rings is 3. The molecule has 1 atom stereocenters. The maximum Gasteiger partial charge on any atom is 0.416 e. The van der Waals surface area contributed by atoms with Crippen molar-refractivity contribution < 1.29 is 36.3 Å². The van der Waals surface area contributed by atoms with Gasteiger partial charge in [0.25, 0.3) is 5.91 Å². The minimum absolute atomic E-state index is 0.0152. The molecule has 0 aliphatic carbocycles. The molecular formula is C26H22F3N3O5S2. The van der Waals surface area contributed by atoms with Gasteiger partial charge in [-0.2, -0.15) is 17.9 Å². The van der Waals surface area contributed by atoms with Gasteiger partial charge < -0.3 is 10.4 Å². The molecule has 3 N–H and O–H groups in total. The molecule has 204 valence electrons. The van der Waals surface area contributed by atoms with Gasteiger partial charge in [-0.3, -0.25) is 9.59 Å². The van der Waals surface area contributed by atoms with Crippen LogP contribution in [-0.2, 0) is 21.0 Å². The van der Waals surface area contributed by atoms with Crippen LogP contribution in [0.3, 0.4) is 0 Å². The summed E-state index contributed by atoms with van der Waals surface area (Å²) in [6, 6.07) is 14.4. The zero-order valence-electron chi connectivity index (χ0n) is 20.5. The molecule has 1 aromatic heterocycles. The molecule has 13 heteroatoms. The number of aliphatic carboxylic acids is 1. The van der Waals surface area contributed by atoms with Crippen molar-refractivity contribution in [1.29, 1.82) is 0 Å². The second kappa shape index (κ2) is 10.8. The maximum atomic E-state index is 12.9. The number of carbonyl (C=O) groups excluding carboxylic acids is 1. The highest BCUT2D eigenvalue weighted by atomic mass is 32.2. The number of carbonyl (C=O) groups is 2. The Hall–Kier alpha value is -3.81. The van der Waals surface area contributed by atoms with Crippen LogP contribution in [0.2, 0.25) is 0 Å². The van der Waals surface area contributed by atoms with Gasteiger partial charge in [-0.15, -0.1) is 11.3 Å². The molecule has 4 aromatic rings. The minimum atomic E-state index is -4.51. The minimum Gasteiger partial charge on any atom is -0.480 e. The number of hydrogen-bond donors (Lipinski definition) is 3. The third-order valence-electron chi connectivity index (χ3n) is 5.76. The molecule has 0 radical (unpaired) electrons. The molecule has 0 aliphatic rings. The lowest BCUT2D eigenvalue weighted by Crippen LogP contribution is -2.44. The summed E-state index contributed by atoms with van der Waals surface area (Å²) in [5.74, 6) is -2.29. The Balaban J connectivity index is 1.45. The zero-order chi connectivity index (χ0) is 28.5. The van der Waals surface area contributed by atoms with Gasteiger partial charge in [-0.25, -0.2) is 13.4 Å². The molecule has 39 heavy (non-hydrogen) atoms. The Morgan fingerprint density at radius 3 is 2.08 bits per heavy atom.